The van der Waals surface area contributed by atoms with Gasteiger partial charge < -0.3 is 14.2 Å². The Hall–Kier alpha value is -3.75. The van der Waals surface area contributed by atoms with Crippen molar-refractivity contribution in [3.63, 3.8) is 0 Å². The number of benzene rings is 2. The predicted octanol–water partition coefficient (Wildman–Crippen LogP) is 4.99. The lowest BCUT2D eigenvalue weighted by Crippen LogP contribution is -2.24. The lowest BCUT2D eigenvalue weighted by molar-refractivity contribution is -0.137. The lowest BCUT2D eigenvalue weighted by Gasteiger charge is -2.19. The van der Waals surface area contributed by atoms with Crippen molar-refractivity contribution in [2.75, 3.05) is 25.7 Å². The molecule has 6 nitrogen and oxygen atoms in total. The SMILES string of the molecule is CCOc1ccc(/C=C2\C(=O)N(c3cccc(C(F)(F)F)c3)C(C)=C2C(=O)OC)cc1OC. The summed E-state index contributed by atoms with van der Waals surface area (Å²) in [7, 11) is 2.63. The first-order chi connectivity index (χ1) is 15.6. The van der Waals surface area contributed by atoms with E-state index in [1.54, 1.807) is 18.2 Å². The summed E-state index contributed by atoms with van der Waals surface area (Å²) < 4.78 is 55.3. The number of esters is 1. The van der Waals surface area contributed by atoms with E-state index in [2.05, 4.69) is 0 Å². The number of hydrogen-bond acceptors (Lipinski definition) is 5. The molecule has 33 heavy (non-hydrogen) atoms. The molecule has 0 fully saturated rings. The van der Waals surface area contributed by atoms with Gasteiger partial charge in [0.05, 0.1) is 37.5 Å². The van der Waals surface area contributed by atoms with E-state index in [0.717, 1.165) is 24.1 Å². The van der Waals surface area contributed by atoms with E-state index in [0.29, 0.717) is 23.7 Å². The maximum absolute atomic E-state index is 13.3. The minimum absolute atomic E-state index is 0.0111. The summed E-state index contributed by atoms with van der Waals surface area (Å²) in [5.41, 5.74) is -0.278. The Bertz CT molecular complexity index is 1150. The molecule has 1 aliphatic rings. The van der Waals surface area contributed by atoms with Gasteiger partial charge in [-0.1, -0.05) is 12.1 Å². The molecule has 0 bridgehead atoms. The second-order valence-corrected chi connectivity index (χ2v) is 7.04. The average Bonchev–Trinajstić information content (AvgIpc) is 3.03. The number of carbonyl (C=O) groups is 2. The van der Waals surface area contributed by atoms with E-state index in [1.165, 1.54) is 32.2 Å². The molecular weight excluding hydrogens is 439 g/mol. The topological polar surface area (TPSA) is 65.1 Å². The molecular formula is C24H22F3NO5. The van der Waals surface area contributed by atoms with E-state index >= 15 is 0 Å². The highest BCUT2D eigenvalue weighted by atomic mass is 19.4. The number of carbonyl (C=O) groups excluding carboxylic acids is 2. The molecule has 2 aromatic rings. The molecule has 174 valence electrons. The molecule has 9 heteroatoms. The largest absolute Gasteiger partial charge is 0.493 e. The Balaban J connectivity index is 2.12. The summed E-state index contributed by atoms with van der Waals surface area (Å²) in [6.07, 6.45) is -3.12. The molecule has 0 saturated carbocycles. The third-order valence-corrected chi connectivity index (χ3v) is 5.02. The number of methoxy groups -OCH3 is 2. The summed E-state index contributed by atoms with van der Waals surface area (Å²) in [6, 6.07) is 9.30. The van der Waals surface area contributed by atoms with Crippen LogP contribution in [0, 0.1) is 0 Å². The van der Waals surface area contributed by atoms with Gasteiger partial charge in [-0.25, -0.2) is 4.79 Å². The van der Waals surface area contributed by atoms with Crippen molar-refractivity contribution in [1.82, 2.24) is 0 Å². The molecule has 0 spiro atoms. The molecule has 0 radical (unpaired) electrons. The first kappa shape index (κ1) is 23.9. The maximum atomic E-state index is 13.3. The first-order valence-corrected chi connectivity index (χ1v) is 9.96. The van der Waals surface area contributed by atoms with Crippen molar-refractivity contribution in [3.8, 4) is 11.5 Å². The van der Waals surface area contributed by atoms with Crippen LogP contribution >= 0.6 is 0 Å². The number of nitrogens with zero attached hydrogens (tertiary/aromatic N) is 1. The first-order valence-electron chi connectivity index (χ1n) is 9.96. The number of alkyl halides is 3. The second kappa shape index (κ2) is 9.40. The van der Waals surface area contributed by atoms with E-state index < -0.39 is 23.6 Å². The van der Waals surface area contributed by atoms with Crippen LogP contribution in [-0.2, 0) is 20.5 Å². The van der Waals surface area contributed by atoms with Crippen molar-refractivity contribution in [3.05, 3.63) is 70.4 Å². The summed E-state index contributed by atoms with van der Waals surface area (Å²) in [6.45, 7) is 3.73. The number of allylic oxidation sites excluding steroid dienone is 1. The summed E-state index contributed by atoms with van der Waals surface area (Å²) >= 11 is 0. The average molecular weight is 461 g/mol. The van der Waals surface area contributed by atoms with Crippen LogP contribution in [0.3, 0.4) is 0 Å². The molecule has 0 atom stereocenters. The highest BCUT2D eigenvalue weighted by Crippen LogP contribution is 2.38. The summed E-state index contributed by atoms with van der Waals surface area (Å²) in [5, 5.41) is 0. The van der Waals surface area contributed by atoms with Gasteiger partial charge in [0.2, 0.25) is 0 Å². The molecule has 0 aliphatic carbocycles. The molecule has 0 aromatic heterocycles. The third-order valence-electron chi connectivity index (χ3n) is 5.02. The smallest absolute Gasteiger partial charge is 0.416 e. The highest BCUT2D eigenvalue weighted by molar-refractivity contribution is 6.23. The van der Waals surface area contributed by atoms with Crippen molar-refractivity contribution < 1.29 is 37.0 Å². The number of rotatable bonds is 6. The van der Waals surface area contributed by atoms with Crippen molar-refractivity contribution in [2.45, 2.75) is 20.0 Å². The van der Waals surface area contributed by atoms with Gasteiger partial charge in [0, 0.05) is 11.4 Å². The van der Waals surface area contributed by atoms with Gasteiger partial charge in [0.15, 0.2) is 11.5 Å². The number of halogens is 3. The van der Waals surface area contributed by atoms with Crippen LogP contribution in [-0.4, -0.2) is 32.7 Å². The molecule has 1 aliphatic heterocycles. The van der Waals surface area contributed by atoms with E-state index in [1.807, 2.05) is 6.92 Å². The maximum Gasteiger partial charge on any atom is 0.416 e. The monoisotopic (exact) mass is 461 g/mol. The van der Waals surface area contributed by atoms with Gasteiger partial charge in [0.1, 0.15) is 0 Å². The van der Waals surface area contributed by atoms with E-state index in [9.17, 15) is 22.8 Å². The van der Waals surface area contributed by atoms with E-state index in [-0.39, 0.29) is 22.5 Å². The number of amides is 1. The predicted molar refractivity (Wildman–Crippen MR) is 116 cm³/mol. The van der Waals surface area contributed by atoms with Crippen LogP contribution in [0.5, 0.6) is 11.5 Å². The Morgan fingerprint density at radius 2 is 1.82 bits per heavy atom. The fourth-order valence-electron chi connectivity index (χ4n) is 3.53. The lowest BCUT2D eigenvalue weighted by atomic mass is 10.0. The van der Waals surface area contributed by atoms with Crippen LogP contribution in [0.1, 0.15) is 25.0 Å². The van der Waals surface area contributed by atoms with Gasteiger partial charge >= 0.3 is 12.1 Å². The zero-order valence-corrected chi connectivity index (χ0v) is 18.4. The molecule has 0 saturated heterocycles. The Morgan fingerprint density at radius 3 is 2.42 bits per heavy atom. The van der Waals surface area contributed by atoms with E-state index in [4.69, 9.17) is 14.2 Å². The molecule has 0 N–H and O–H groups in total. The highest BCUT2D eigenvalue weighted by Gasteiger charge is 2.39. The number of ether oxygens (including phenoxy) is 3. The number of anilines is 1. The summed E-state index contributed by atoms with van der Waals surface area (Å²) in [4.78, 5) is 26.9. The van der Waals surface area contributed by atoms with Crippen LogP contribution in [0.15, 0.2) is 59.3 Å². The van der Waals surface area contributed by atoms with Gasteiger partial charge in [-0.15, -0.1) is 0 Å². The van der Waals surface area contributed by atoms with Crippen LogP contribution in [0.25, 0.3) is 6.08 Å². The molecule has 1 heterocycles. The molecule has 1 amide bonds. The standard InChI is InChI=1S/C24H22F3NO5/c1-5-33-19-10-9-15(12-20(19)31-3)11-18-21(23(30)32-4)14(2)28(22(18)29)17-8-6-7-16(13-17)24(25,26)27/h6-13H,5H2,1-4H3/b18-11-. The summed E-state index contributed by atoms with van der Waals surface area (Å²) in [5.74, 6) is -0.503. The van der Waals surface area contributed by atoms with Gasteiger partial charge in [0.25, 0.3) is 5.91 Å². The molecule has 0 unspecified atom stereocenters. The Morgan fingerprint density at radius 1 is 1.09 bits per heavy atom. The fourth-order valence-corrected chi connectivity index (χ4v) is 3.53. The van der Waals surface area contributed by atoms with Crippen LogP contribution in [0.2, 0.25) is 0 Å². The number of hydrogen-bond donors (Lipinski definition) is 0. The second-order valence-electron chi connectivity index (χ2n) is 7.04. The molecule has 2 aromatic carbocycles. The van der Waals surface area contributed by atoms with Crippen molar-refractivity contribution in [1.29, 1.82) is 0 Å². The van der Waals surface area contributed by atoms with Crippen LogP contribution in [0.4, 0.5) is 18.9 Å². The van der Waals surface area contributed by atoms with Gasteiger partial charge in [-0.2, -0.15) is 13.2 Å². The van der Waals surface area contributed by atoms with Crippen LogP contribution < -0.4 is 14.4 Å². The minimum atomic E-state index is -4.58. The van der Waals surface area contributed by atoms with Gasteiger partial charge in [-0.05, 0) is 55.8 Å². The third kappa shape index (κ3) is 4.72. The zero-order valence-electron chi connectivity index (χ0n) is 18.4. The van der Waals surface area contributed by atoms with Crippen molar-refractivity contribution in [2.24, 2.45) is 0 Å². The van der Waals surface area contributed by atoms with Gasteiger partial charge in [-0.3, -0.25) is 9.69 Å². The molecule has 3 rings (SSSR count). The Kier molecular flexibility index (Phi) is 6.81. The Labute approximate surface area is 188 Å². The quantitative estimate of drug-likeness (QED) is 0.448. The van der Waals surface area contributed by atoms with Crippen molar-refractivity contribution >= 4 is 23.6 Å². The normalized spacial score (nSPS) is 15.3. The minimum Gasteiger partial charge on any atom is -0.493 e. The fraction of sp³-hybridized carbons (Fsp3) is 0.250. The zero-order chi connectivity index (χ0) is 24.3.